The molecule has 3 saturated carbocycles. The first-order chi connectivity index (χ1) is 68.8. The molecule has 7 N–H and O–H groups in total. The summed E-state index contributed by atoms with van der Waals surface area (Å²) in [5.41, 5.74) is 4.53. The van der Waals surface area contributed by atoms with E-state index in [-0.39, 0.29) is 61.9 Å². The van der Waals surface area contributed by atoms with E-state index in [4.69, 9.17) is 22.4 Å². The van der Waals surface area contributed by atoms with Crippen molar-refractivity contribution in [2.24, 2.45) is 23.7 Å². The van der Waals surface area contributed by atoms with E-state index in [1.807, 2.05) is 72.8 Å². The molecule has 15 rings (SSSR count). The van der Waals surface area contributed by atoms with E-state index >= 15 is 0 Å². The van der Waals surface area contributed by atoms with Crippen molar-refractivity contribution in [1.29, 1.82) is 5.26 Å². The maximum Gasteiger partial charge on any atom is 0.425 e. The molecule has 0 spiro atoms. The number of aryl methyl sites for hydroxylation is 6. The highest BCUT2D eigenvalue weighted by Crippen LogP contribution is 2.46. The molecule has 788 valence electrons. The number of halogens is 12. The van der Waals surface area contributed by atoms with Crippen LogP contribution in [0.4, 0.5) is 81.1 Å². The Morgan fingerprint density at radius 1 is 0.438 bits per heavy atom. The third kappa shape index (κ3) is 33.6. The lowest BCUT2D eigenvalue weighted by Gasteiger charge is -2.41. The first-order valence-electron chi connectivity index (χ1n) is 48.4. The number of piperidine rings is 3. The Bertz CT molecular complexity index is 5830. The molecule has 6 fully saturated rings. The summed E-state index contributed by atoms with van der Waals surface area (Å²) >= 11 is 0. The number of carbonyl (C=O) groups is 6. The number of hydrogen-bond acceptors (Lipinski definition) is 16. The molecule has 39 heteroatoms. The van der Waals surface area contributed by atoms with E-state index in [0.717, 1.165) is 72.8 Å². The first kappa shape index (κ1) is 117. The summed E-state index contributed by atoms with van der Waals surface area (Å²) < 4.78 is 248. The maximum absolute atomic E-state index is 14.9. The average Bonchev–Trinajstić information content (AvgIpc) is 0.841. The van der Waals surface area contributed by atoms with Crippen LogP contribution >= 0.6 is 0 Å². The number of nitrogens with zero attached hydrogens (tertiary/aromatic N) is 4. The maximum atomic E-state index is 14.9. The molecule has 0 aromatic heterocycles. The lowest BCUT2D eigenvalue weighted by molar-refractivity contribution is -0.609. The molecule has 3 saturated heterocycles. The molecule has 3 aliphatic carbocycles. The topological polar surface area (TPSA) is 363 Å². The van der Waals surface area contributed by atoms with Gasteiger partial charge in [0, 0.05) is 61.1 Å². The molecular weight excluding hydrogens is 1980 g/mol. The van der Waals surface area contributed by atoms with Gasteiger partial charge in [-0.15, -0.1) is 12.6 Å². The van der Waals surface area contributed by atoms with Gasteiger partial charge in [0.2, 0.25) is 17.7 Å². The van der Waals surface area contributed by atoms with E-state index < -0.39 is 155 Å². The molecule has 9 aromatic carbocycles. The van der Waals surface area contributed by atoms with E-state index in [9.17, 15) is 103 Å². The smallest absolute Gasteiger partial charge is 0.425 e. The Hall–Kier alpha value is -12.4. The second-order valence-corrected chi connectivity index (χ2v) is 40.9. The molecule has 6 amide bonds. The van der Waals surface area contributed by atoms with E-state index in [1.54, 1.807) is 73.9 Å². The van der Waals surface area contributed by atoms with Crippen molar-refractivity contribution >= 4 is 94.7 Å². The van der Waals surface area contributed by atoms with Crippen molar-refractivity contribution in [3.63, 3.8) is 0 Å². The Kier molecular flexibility index (Phi) is 42.8. The number of amides is 6. The molecule has 3 heterocycles. The number of nitrogens with two attached hydrogens (primary N) is 1. The summed E-state index contributed by atoms with van der Waals surface area (Å²) in [6, 6.07) is 48.3. The van der Waals surface area contributed by atoms with Crippen LogP contribution in [0.15, 0.2) is 182 Å². The minimum absolute atomic E-state index is 0.0289. The number of nitrogens with one attached hydrogen (secondary N) is 4. The van der Waals surface area contributed by atoms with Crippen LogP contribution < -0.4 is 26.6 Å². The molecule has 146 heavy (non-hydrogen) atoms. The zero-order valence-corrected chi connectivity index (χ0v) is 84.9. The summed E-state index contributed by atoms with van der Waals surface area (Å²) in [5, 5.41) is 21.1. The number of quaternary nitrogens is 1. The highest BCUT2D eigenvalue weighted by molar-refractivity contribution is 7.85. The van der Waals surface area contributed by atoms with Crippen LogP contribution in [-0.2, 0) is 70.2 Å². The number of rotatable bonds is 21. The van der Waals surface area contributed by atoms with Gasteiger partial charge in [-0.05, 0) is 279 Å². The largest absolute Gasteiger partial charge is 0.748 e. The molecular formula is C107H123F12N9O15S3. The number of anilines is 4. The quantitative estimate of drug-likeness (QED) is 0.0221. The SMILES string of the molecule is CC#N.CCCS(=O)(=O)[O-].CCS(=O)(=O)O.Cc1ccc(NC(=O)[C@H]2CCCN(C(=O)c3c(C)cccc3F)[C@H]2c2ccc(CC3CCCC3)cc2)cc1C(F)(F)F.Cc1ccc(NC(=O)[C@H]2CCCN(C(=O)c3c(C)cccc3F)[C@H]2c2ccc(NC3CCCC3)cc2)cc1C(F)(F)F.Cc1ccc(NC(=O)[C@H]2CCCN(C(=O)c3c(C)cccc3F)[C@H]2c2ccc([NH2+]C3CCCC3)cc2)cc1C(F)(F)F.O=S(=O)=O. The van der Waals surface area contributed by atoms with Gasteiger partial charge >= 0.3 is 29.1 Å². The van der Waals surface area contributed by atoms with Crippen molar-refractivity contribution in [3.05, 3.63) is 288 Å². The monoisotopic (exact) mass is 2100 g/mol. The Balaban J connectivity index is 0.000000222. The molecule has 6 atom stereocenters. The predicted molar refractivity (Wildman–Crippen MR) is 530 cm³/mol. The van der Waals surface area contributed by atoms with Crippen molar-refractivity contribution in [3.8, 4) is 6.07 Å². The molecule has 0 radical (unpaired) electrons. The number of nitriles is 1. The van der Waals surface area contributed by atoms with Crippen LogP contribution in [0, 0.1) is 94.0 Å². The zero-order valence-electron chi connectivity index (χ0n) is 82.5. The number of carbonyl (C=O) groups excluding carboxylic acids is 6. The Labute approximate surface area is 845 Å². The molecule has 0 bridgehead atoms. The van der Waals surface area contributed by atoms with Crippen LogP contribution in [0.1, 0.15) is 264 Å². The third-order valence-electron chi connectivity index (χ3n) is 26.6. The van der Waals surface area contributed by atoms with Gasteiger partial charge in [0.1, 0.15) is 23.1 Å². The lowest BCUT2D eigenvalue weighted by Crippen LogP contribution is -2.83. The average molecular weight is 2100 g/mol. The van der Waals surface area contributed by atoms with Crippen molar-refractivity contribution < 1.29 is 125 Å². The van der Waals surface area contributed by atoms with Gasteiger partial charge in [-0.25, -0.2) is 21.6 Å². The van der Waals surface area contributed by atoms with Gasteiger partial charge < -0.3 is 45.8 Å². The molecule has 0 unspecified atom stereocenters. The fraction of sp³-hybridized carbons (Fsp3) is 0.430. The molecule has 6 aliphatic rings. The van der Waals surface area contributed by atoms with Crippen LogP contribution in [0.2, 0.25) is 0 Å². The summed E-state index contributed by atoms with van der Waals surface area (Å²) in [6.45, 7) is 14.5. The molecule has 9 aromatic rings. The van der Waals surface area contributed by atoms with E-state index in [1.165, 1.54) is 157 Å². The van der Waals surface area contributed by atoms with Gasteiger partial charge in [0.15, 0.2) is 0 Å². The first-order valence-corrected chi connectivity index (χ1v) is 52.5. The van der Waals surface area contributed by atoms with Crippen LogP contribution in [0.5, 0.6) is 0 Å². The summed E-state index contributed by atoms with van der Waals surface area (Å²) in [6.07, 6.45) is 4.70. The molecule has 3 aliphatic heterocycles. The summed E-state index contributed by atoms with van der Waals surface area (Å²) in [4.78, 5) is 87.4. The van der Waals surface area contributed by atoms with E-state index in [2.05, 4.69) is 26.6 Å². The number of alkyl halides is 9. The zero-order chi connectivity index (χ0) is 107. The minimum atomic E-state index is -4.56. The van der Waals surface area contributed by atoms with Crippen molar-refractivity contribution in [2.75, 3.05) is 52.4 Å². The number of likely N-dealkylation sites (tertiary alicyclic amines) is 3. The second kappa shape index (κ2) is 53.3. The number of hydrogen-bond donors (Lipinski definition) is 6. The number of benzene rings is 9. The standard InChI is InChI=1S/C34H36F4N2O2.2C33H35F4N3O2.C3H8O3S.C2H3N.C2H6O3S.O3S/c1-21-12-17-26(20-28(21)34(36,37)38)39-32(41)27-10-6-18-40(33(42)30-22(2)7-5-11-29(30)35)31(27)25-15-13-24(14-16-25)19-23-8-3-4-9-23;2*1-20-12-15-25(19-27(20)33(35,36)37)39-31(41)26-10-6-18-40(32(42)29-21(2)7-5-11-28(29)34)30(26)22-13-16-24(17-14-22)38-23-8-3-4-9-23;1-2-3-7(4,5)6;1-2-3;1-2-6(3,4)5;1-4(2)3/h5,7,11-17,20,23,27,31H,3-4,6,8-10,18-19H2,1-2H3,(H,39,41);2*5,7,11-17,19,23,26,30,38H,3-4,6,8-10,18H2,1-2H3,(H,39,41);2-3H2,1H3,(H,4,5,6);1H3;2H2,1H3,(H,3,4,5);/t27-,31-;2*26-,30-;;;;/m000..../s1. The fourth-order valence-corrected chi connectivity index (χ4v) is 20.0. The minimum Gasteiger partial charge on any atom is -0.748 e. The van der Waals surface area contributed by atoms with E-state index in [0.29, 0.717) is 105 Å². The second-order valence-electron chi connectivity index (χ2n) is 37.2. The highest BCUT2D eigenvalue weighted by Gasteiger charge is 2.46. The van der Waals surface area contributed by atoms with Gasteiger partial charge in [-0.3, -0.25) is 33.3 Å². The highest BCUT2D eigenvalue weighted by atomic mass is 32.2. The summed E-state index contributed by atoms with van der Waals surface area (Å²) in [7, 11) is -10.7. The van der Waals surface area contributed by atoms with Crippen molar-refractivity contribution in [1.82, 2.24) is 14.7 Å². The fourth-order valence-electron chi connectivity index (χ4n) is 19.5. The van der Waals surface area contributed by atoms with Gasteiger partial charge in [0.25, 0.3) is 27.8 Å². The van der Waals surface area contributed by atoms with Gasteiger partial charge in [-0.2, -0.15) is 53.2 Å². The predicted octanol–water partition coefficient (Wildman–Crippen LogP) is 22.7. The third-order valence-corrected chi connectivity index (χ3v) is 28.3. The van der Waals surface area contributed by atoms with Crippen LogP contribution in [0.3, 0.4) is 0 Å². The van der Waals surface area contributed by atoms with Crippen LogP contribution in [0.25, 0.3) is 0 Å². The summed E-state index contributed by atoms with van der Waals surface area (Å²) in [5.74, 6) is -6.94. The Morgan fingerprint density at radius 2 is 0.733 bits per heavy atom. The normalized spacial score (nSPS) is 18.2. The molecule has 24 nitrogen and oxygen atoms in total. The Morgan fingerprint density at radius 3 is 1.02 bits per heavy atom. The van der Waals surface area contributed by atoms with Gasteiger partial charge in [0.05, 0.1) is 97.2 Å². The lowest BCUT2D eigenvalue weighted by atomic mass is 9.82. The van der Waals surface area contributed by atoms with Crippen molar-refractivity contribution in [2.45, 2.75) is 239 Å². The van der Waals surface area contributed by atoms with Crippen LogP contribution in [-0.4, -0.2) is 132 Å². The van der Waals surface area contributed by atoms with Gasteiger partial charge in [-0.1, -0.05) is 149 Å².